The highest BCUT2D eigenvalue weighted by Crippen LogP contribution is 2.28. The Balaban J connectivity index is 1.76. The molecule has 0 N–H and O–H groups in total. The van der Waals surface area contributed by atoms with Gasteiger partial charge in [-0.2, -0.15) is 0 Å². The van der Waals surface area contributed by atoms with E-state index in [0.29, 0.717) is 23.7 Å². The number of halogens is 1. The third-order valence-electron chi connectivity index (χ3n) is 3.81. The van der Waals surface area contributed by atoms with Crippen LogP contribution < -0.4 is 4.74 Å². The van der Waals surface area contributed by atoms with Crippen molar-refractivity contribution in [2.45, 2.75) is 25.8 Å². The van der Waals surface area contributed by atoms with E-state index in [4.69, 9.17) is 20.8 Å². The average Bonchev–Trinajstić information content (AvgIpc) is 3.20. The molecule has 1 unspecified atom stereocenters. The maximum Gasteiger partial charge on any atom is 0.334 e. The van der Waals surface area contributed by atoms with Crippen LogP contribution in [0.25, 0.3) is 0 Å². The summed E-state index contributed by atoms with van der Waals surface area (Å²) in [6.07, 6.45) is 2.74. The molecule has 0 aliphatic carbocycles. The fourth-order valence-corrected chi connectivity index (χ4v) is 2.82. The Morgan fingerprint density at radius 2 is 2.17 bits per heavy atom. The summed E-state index contributed by atoms with van der Waals surface area (Å²) < 4.78 is 10.5. The molecule has 3 rings (SSSR count). The van der Waals surface area contributed by atoms with Crippen LogP contribution in [0.5, 0.6) is 5.75 Å². The van der Waals surface area contributed by atoms with Crippen LogP contribution in [-0.2, 0) is 4.79 Å². The molecule has 1 aromatic carbocycles. The van der Waals surface area contributed by atoms with Gasteiger partial charge in [-0.05, 0) is 49.6 Å². The number of nitrogens with zero attached hydrogens (tertiary/aromatic N) is 1. The van der Waals surface area contributed by atoms with Crippen molar-refractivity contribution in [3.05, 3.63) is 52.9 Å². The zero-order valence-corrected chi connectivity index (χ0v) is 13.4. The van der Waals surface area contributed by atoms with Crippen molar-refractivity contribution in [2.75, 3.05) is 6.54 Å². The zero-order valence-electron chi connectivity index (χ0n) is 12.6. The van der Waals surface area contributed by atoms with Gasteiger partial charge < -0.3 is 14.1 Å². The number of rotatable bonds is 3. The van der Waals surface area contributed by atoms with Gasteiger partial charge in [0.15, 0.2) is 5.76 Å². The largest absolute Gasteiger partial charge is 0.459 e. The van der Waals surface area contributed by atoms with Crippen molar-refractivity contribution >= 4 is 23.5 Å². The normalized spacial score (nSPS) is 17.3. The summed E-state index contributed by atoms with van der Waals surface area (Å²) in [5.74, 6) is -0.244. The molecule has 23 heavy (non-hydrogen) atoms. The minimum Gasteiger partial charge on any atom is -0.459 e. The van der Waals surface area contributed by atoms with Crippen LogP contribution in [0.15, 0.2) is 41.0 Å². The topological polar surface area (TPSA) is 59.8 Å². The SMILES string of the molecule is Cc1ccc(Cl)c(OC(=O)C2CCCN2C(=O)c2ccco2)c1. The van der Waals surface area contributed by atoms with E-state index in [9.17, 15) is 9.59 Å². The summed E-state index contributed by atoms with van der Waals surface area (Å²) in [5.41, 5.74) is 0.937. The zero-order chi connectivity index (χ0) is 16.4. The molecule has 1 aromatic heterocycles. The first-order valence-electron chi connectivity index (χ1n) is 7.38. The second kappa shape index (κ2) is 6.46. The number of benzene rings is 1. The lowest BCUT2D eigenvalue weighted by Gasteiger charge is -2.22. The standard InChI is InChI=1S/C17H16ClNO4/c1-11-6-7-12(18)15(10-11)23-17(21)13-4-2-8-19(13)16(20)14-5-3-9-22-14/h3,5-7,9-10,13H,2,4,8H2,1H3. The molecule has 0 saturated carbocycles. The fourth-order valence-electron chi connectivity index (χ4n) is 2.66. The van der Waals surface area contributed by atoms with Crippen LogP contribution in [0.2, 0.25) is 5.02 Å². The van der Waals surface area contributed by atoms with Crippen LogP contribution in [0.3, 0.4) is 0 Å². The summed E-state index contributed by atoms with van der Waals surface area (Å²) in [6, 6.07) is 7.82. The van der Waals surface area contributed by atoms with Gasteiger partial charge in [0, 0.05) is 6.54 Å². The average molecular weight is 334 g/mol. The second-order valence-electron chi connectivity index (χ2n) is 5.49. The van der Waals surface area contributed by atoms with E-state index in [1.807, 2.05) is 13.0 Å². The molecular formula is C17H16ClNO4. The lowest BCUT2D eigenvalue weighted by Crippen LogP contribution is -2.42. The van der Waals surface area contributed by atoms with Gasteiger partial charge in [-0.25, -0.2) is 4.79 Å². The third-order valence-corrected chi connectivity index (χ3v) is 4.13. The van der Waals surface area contributed by atoms with E-state index in [2.05, 4.69) is 0 Å². The van der Waals surface area contributed by atoms with Crippen molar-refractivity contribution < 1.29 is 18.7 Å². The molecule has 0 radical (unpaired) electrons. The highest BCUT2D eigenvalue weighted by molar-refractivity contribution is 6.32. The molecular weight excluding hydrogens is 318 g/mol. The van der Waals surface area contributed by atoms with Crippen LogP contribution in [0.4, 0.5) is 0 Å². The number of carbonyl (C=O) groups is 2. The number of hydrogen-bond acceptors (Lipinski definition) is 4. The number of likely N-dealkylation sites (tertiary alicyclic amines) is 1. The molecule has 2 aromatic rings. The van der Waals surface area contributed by atoms with Crippen LogP contribution in [0, 0.1) is 6.92 Å². The molecule has 1 aliphatic heterocycles. The molecule has 1 fully saturated rings. The van der Waals surface area contributed by atoms with Gasteiger partial charge in [0.25, 0.3) is 5.91 Å². The van der Waals surface area contributed by atoms with Crippen molar-refractivity contribution in [2.24, 2.45) is 0 Å². The van der Waals surface area contributed by atoms with Gasteiger partial charge in [0.2, 0.25) is 0 Å². The smallest absolute Gasteiger partial charge is 0.334 e. The molecule has 120 valence electrons. The molecule has 1 amide bonds. The van der Waals surface area contributed by atoms with Crippen LogP contribution in [-0.4, -0.2) is 29.4 Å². The third kappa shape index (κ3) is 3.24. The number of esters is 1. The van der Waals surface area contributed by atoms with E-state index in [0.717, 1.165) is 12.0 Å². The predicted molar refractivity (Wildman–Crippen MR) is 84.6 cm³/mol. The van der Waals surface area contributed by atoms with Gasteiger partial charge >= 0.3 is 5.97 Å². The Labute approximate surface area is 138 Å². The molecule has 0 bridgehead atoms. The van der Waals surface area contributed by atoms with Crippen molar-refractivity contribution in [3.63, 3.8) is 0 Å². The van der Waals surface area contributed by atoms with Gasteiger partial charge in [0.05, 0.1) is 11.3 Å². The summed E-state index contributed by atoms with van der Waals surface area (Å²) in [7, 11) is 0. The predicted octanol–water partition coefficient (Wildman–Crippen LogP) is 3.45. The second-order valence-corrected chi connectivity index (χ2v) is 5.90. The maximum atomic E-state index is 12.5. The van der Waals surface area contributed by atoms with Crippen molar-refractivity contribution in [3.8, 4) is 5.75 Å². The Bertz CT molecular complexity index is 726. The van der Waals surface area contributed by atoms with E-state index in [1.54, 1.807) is 24.3 Å². The molecule has 1 atom stereocenters. The van der Waals surface area contributed by atoms with E-state index in [-0.39, 0.29) is 11.7 Å². The molecule has 1 aliphatic rings. The van der Waals surface area contributed by atoms with E-state index < -0.39 is 12.0 Å². The first-order valence-corrected chi connectivity index (χ1v) is 7.76. The Kier molecular flexibility index (Phi) is 4.39. The molecule has 6 heteroatoms. The first-order chi connectivity index (χ1) is 11.1. The summed E-state index contributed by atoms with van der Waals surface area (Å²) in [4.78, 5) is 26.3. The molecule has 5 nitrogen and oxygen atoms in total. The summed E-state index contributed by atoms with van der Waals surface area (Å²) in [6.45, 7) is 2.39. The van der Waals surface area contributed by atoms with Crippen LogP contribution in [0.1, 0.15) is 29.0 Å². The number of carbonyl (C=O) groups excluding carboxylic acids is 2. The van der Waals surface area contributed by atoms with E-state index in [1.165, 1.54) is 11.2 Å². The number of aryl methyl sites for hydroxylation is 1. The van der Waals surface area contributed by atoms with Crippen molar-refractivity contribution in [1.29, 1.82) is 0 Å². The Morgan fingerprint density at radius 3 is 2.91 bits per heavy atom. The van der Waals surface area contributed by atoms with Gasteiger partial charge in [-0.15, -0.1) is 0 Å². The van der Waals surface area contributed by atoms with Gasteiger partial charge in [-0.1, -0.05) is 17.7 Å². The first kappa shape index (κ1) is 15.6. The minimum atomic E-state index is -0.621. The highest BCUT2D eigenvalue weighted by Gasteiger charge is 2.37. The van der Waals surface area contributed by atoms with E-state index >= 15 is 0 Å². The minimum absolute atomic E-state index is 0.221. The van der Waals surface area contributed by atoms with Crippen LogP contribution >= 0.6 is 11.6 Å². The Hall–Kier alpha value is -2.27. The summed E-state index contributed by atoms with van der Waals surface area (Å²) in [5, 5.41) is 0.367. The lowest BCUT2D eigenvalue weighted by atomic mass is 10.2. The maximum absolute atomic E-state index is 12.5. The molecule has 1 saturated heterocycles. The highest BCUT2D eigenvalue weighted by atomic mass is 35.5. The Morgan fingerprint density at radius 1 is 1.35 bits per heavy atom. The number of hydrogen-bond donors (Lipinski definition) is 0. The number of ether oxygens (including phenoxy) is 1. The lowest BCUT2D eigenvalue weighted by molar-refractivity contribution is -0.138. The fraction of sp³-hybridized carbons (Fsp3) is 0.294. The molecule has 0 spiro atoms. The van der Waals surface area contributed by atoms with Crippen molar-refractivity contribution in [1.82, 2.24) is 4.90 Å². The number of amides is 1. The number of furan rings is 1. The van der Waals surface area contributed by atoms with Gasteiger partial charge in [-0.3, -0.25) is 4.79 Å². The van der Waals surface area contributed by atoms with Gasteiger partial charge in [0.1, 0.15) is 11.8 Å². The molecule has 2 heterocycles. The quantitative estimate of drug-likeness (QED) is 0.637. The monoisotopic (exact) mass is 333 g/mol. The summed E-state index contributed by atoms with van der Waals surface area (Å²) >= 11 is 6.05.